The van der Waals surface area contributed by atoms with Gasteiger partial charge in [-0.25, -0.2) is 0 Å². The van der Waals surface area contributed by atoms with Gasteiger partial charge in [0.2, 0.25) is 0 Å². The van der Waals surface area contributed by atoms with Gasteiger partial charge >= 0.3 is 0 Å². The van der Waals surface area contributed by atoms with E-state index in [-0.39, 0.29) is 5.78 Å². The van der Waals surface area contributed by atoms with Crippen molar-refractivity contribution in [3.8, 4) is 6.07 Å². The summed E-state index contributed by atoms with van der Waals surface area (Å²) in [5, 5.41) is 9.13. The van der Waals surface area contributed by atoms with Crippen molar-refractivity contribution in [2.45, 2.75) is 19.8 Å². The zero-order valence-electron chi connectivity index (χ0n) is 11.1. The maximum atomic E-state index is 11.8. The van der Waals surface area contributed by atoms with Gasteiger partial charge in [-0.3, -0.25) is 14.8 Å². The molecule has 0 unspecified atom stereocenters. The highest BCUT2D eigenvalue weighted by Gasteiger charge is 2.20. The van der Waals surface area contributed by atoms with Crippen molar-refractivity contribution in [2.75, 3.05) is 0 Å². The predicted octanol–water partition coefficient (Wildman–Crippen LogP) is 2.88. The lowest BCUT2D eigenvalue weighted by Gasteiger charge is -2.19. The van der Waals surface area contributed by atoms with Gasteiger partial charge < -0.3 is 0 Å². The summed E-state index contributed by atoms with van der Waals surface area (Å²) < 4.78 is 0. The van der Waals surface area contributed by atoms with E-state index in [4.69, 9.17) is 5.26 Å². The van der Waals surface area contributed by atoms with E-state index in [1.54, 1.807) is 24.5 Å². The second kappa shape index (κ2) is 4.86. The summed E-state index contributed by atoms with van der Waals surface area (Å²) in [5.74, 6) is 0.491. The Morgan fingerprint density at radius 1 is 1.20 bits per heavy atom. The molecule has 0 aliphatic heterocycles. The first kappa shape index (κ1) is 12.5. The Morgan fingerprint density at radius 3 is 2.65 bits per heavy atom. The maximum Gasteiger partial charge on any atom is 0.156 e. The lowest BCUT2D eigenvalue weighted by Crippen LogP contribution is -2.11. The molecule has 4 heteroatoms. The number of nitriles is 1. The van der Waals surface area contributed by atoms with Crippen LogP contribution in [0.4, 0.5) is 0 Å². The van der Waals surface area contributed by atoms with Crippen molar-refractivity contribution in [3.05, 3.63) is 41.7 Å². The molecule has 1 atom stereocenters. The maximum absolute atomic E-state index is 11.8. The smallest absolute Gasteiger partial charge is 0.156 e. The zero-order valence-corrected chi connectivity index (χ0v) is 11.1. The van der Waals surface area contributed by atoms with Gasteiger partial charge in [-0.15, -0.1) is 0 Å². The fourth-order valence-electron chi connectivity index (χ4n) is 2.70. The molecule has 0 fully saturated rings. The number of nitrogens with zero attached hydrogens (tertiary/aromatic N) is 3. The van der Waals surface area contributed by atoms with E-state index in [9.17, 15) is 4.79 Å². The fraction of sp³-hybridized carbons (Fsp3) is 0.250. The van der Waals surface area contributed by atoms with E-state index >= 15 is 0 Å². The Balaban J connectivity index is 2.23. The van der Waals surface area contributed by atoms with Crippen LogP contribution in [0, 0.1) is 17.2 Å². The number of allylic oxidation sites excluding steroid dienone is 2. The Morgan fingerprint density at radius 2 is 1.95 bits per heavy atom. The summed E-state index contributed by atoms with van der Waals surface area (Å²) >= 11 is 0. The van der Waals surface area contributed by atoms with Crippen LogP contribution in [0.15, 0.2) is 30.6 Å². The topological polar surface area (TPSA) is 66.6 Å². The van der Waals surface area contributed by atoms with Gasteiger partial charge in [0.05, 0.1) is 11.1 Å². The van der Waals surface area contributed by atoms with Crippen LogP contribution in [0.2, 0.25) is 0 Å². The molecule has 0 bridgehead atoms. The van der Waals surface area contributed by atoms with Gasteiger partial charge in [-0.2, -0.15) is 5.26 Å². The number of hydrogen-bond acceptors (Lipinski definition) is 4. The van der Waals surface area contributed by atoms with Gasteiger partial charge in [0.1, 0.15) is 11.6 Å². The minimum absolute atomic E-state index is 0.153. The van der Waals surface area contributed by atoms with Crippen LogP contribution in [-0.2, 0) is 4.79 Å². The molecule has 0 saturated carbocycles. The number of aromatic nitrogens is 2. The molecule has 0 amide bonds. The number of fused-ring (bicyclic) bond motifs is 1. The van der Waals surface area contributed by atoms with Crippen molar-refractivity contribution in [2.24, 2.45) is 5.92 Å². The van der Waals surface area contributed by atoms with E-state index in [0.29, 0.717) is 28.9 Å². The molecule has 4 nitrogen and oxygen atoms in total. The lowest BCUT2D eigenvalue weighted by molar-refractivity contribution is -0.115. The summed E-state index contributed by atoms with van der Waals surface area (Å²) in [6.07, 6.45) is 6.35. The van der Waals surface area contributed by atoms with Gasteiger partial charge in [-0.1, -0.05) is 13.0 Å². The Hall–Kier alpha value is -2.54. The van der Waals surface area contributed by atoms with Gasteiger partial charge in [0.25, 0.3) is 0 Å². The zero-order chi connectivity index (χ0) is 14.1. The molecule has 1 heterocycles. The van der Waals surface area contributed by atoms with E-state index < -0.39 is 0 Å². The number of carbonyl (C=O) groups excluding carboxylic acids is 1. The van der Waals surface area contributed by atoms with Crippen molar-refractivity contribution >= 4 is 22.4 Å². The quantitative estimate of drug-likeness (QED) is 0.793. The third kappa shape index (κ3) is 2.08. The SMILES string of the molecule is C[C@H]1CC(=O)C=C(c2ccc(C#N)c3nccnc23)C1. The molecule has 0 radical (unpaired) electrons. The molecule has 0 spiro atoms. The molecule has 1 aliphatic carbocycles. The van der Waals surface area contributed by atoms with E-state index in [0.717, 1.165) is 17.6 Å². The van der Waals surface area contributed by atoms with E-state index in [1.165, 1.54) is 0 Å². The van der Waals surface area contributed by atoms with Gasteiger partial charge in [0, 0.05) is 24.4 Å². The van der Waals surface area contributed by atoms with Crippen molar-refractivity contribution in [1.82, 2.24) is 9.97 Å². The lowest BCUT2D eigenvalue weighted by atomic mass is 9.85. The molecule has 1 aromatic heterocycles. The third-order valence-electron chi connectivity index (χ3n) is 3.54. The highest BCUT2D eigenvalue weighted by atomic mass is 16.1. The van der Waals surface area contributed by atoms with Crippen LogP contribution in [0.5, 0.6) is 0 Å². The van der Waals surface area contributed by atoms with Crippen LogP contribution in [0.3, 0.4) is 0 Å². The molecule has 1 aromatic carbocycles. The predicted molar refractivity (Wildman–Crippen MR) is 75.6 cm³/mol. The van der Waals surface area contributed by atoms with E-state index in [2.05, 4.69) is 23.0 Å². The second-order valence-corrected chi connectivity index (χ2v) is 5.18. The summed E-state index contributed by atoms with van der Waals surface area (Å²) in [5.41, 5.74) is 3.70. The third-order valence-corrected chi connectivity index (χ3v) is 3.54. The molecule has 2 aromatic rings. The number of ketones is 1. The first-order valence-electron chi connectivity index (χ1n) is 6.56. The minimum Gasteiger partial charge on any atom is -0.295 e. The van der Waals surface area contributed by atoms with Crippen LogP contribution in [-0.4, -0.2) is 15.8 Å². The molecule has 0 saturated heterocycles. The average molecular weight is 263 g/mol. The molecule has 98 valence electrons. The number of carbonyl (C=O) groups is 1. The van der Waals surface area contributed by atoms with Crippen molar-refractivity contribution in [1.29, 1.82) is 5.26 Å². The minimum atomic E-state index is 0.153. The second-order valence-electron chi connectivity index (χ2n) is 5.18. The molecule has 1 aliphatic rings. The summed E-state index contributed by atoms with van der Waals surface area (Å²) in [6, 6.07) is 5.74. The average Bonchev–Trinajstić information content (AvgIpc) is 2.45. The van der Waals surface area contributed by atoms with Gasteiger partial charge in [0.15, 0.2) is 5.78 Å². The first-order valence-corrected chi connectivity index (χ1v) is 6.56. The largest absolute Gasteiger partial charge is 0.295 e. The standard InChI is InChI=1S/C16H13N3O/c1-10-6-12(8-13(20)7-10)14-3-2-11(9-17)15-16(14)19-5-4-18-15/h2-5,8,10H,6-7H2,1H3/t10-/m1/s1. The first-order chi connectivity index (χ1) is 9.69. The highest BCUT2D eigenvalue weighted by molar-refractivity contribution is 6.02. The number of rotatable bonds is 1. The van der Waals surface area contributed by atoms with Gasteiger partial charge in [-0.05, 0) is 30.1 Å². The van der Waals surface area contributed by atoms with E-state index in [1.807, 2.05) is 6.07 Å². The normalized spacial score (nSPS) is 18.7. The molecule has 20 heavy (non-hydrogen) atoms. The molecule has 3 rings (SSSR count). The Kier molecular flexibility index (Phi) is 3.03. The Bertz CT molecular complexity index is 771. The molecular formula is C16H13N3O. The Labute approximate surface area is 116 Å². The summed E-state index contributed by atoms with van der Waals surface area (Å²) in [7, 11) is 0. The highest BCUT2D eigenvalue weighted by Crippen LogP contribution is 2.32. The van der Waals surface area contributed by atoms with Crippen molar-refractivity contribution in [3.63, 3.8) is 0 Å². The number of hydrogen-bond donors (Lipinski definition) is 0. The van der Waals surface area contributed by atoms with Crippen LogP contribution in [0.25, 0.3) is 16.6 Å². The van der Waals surface area contributed by atoms with Crippen molar-refractivity contribution < 1.29 is 4.79 Å². The monoisotopic (exact) mass is 263 g/mol. The molecular weight excluding hydrogens is 250 g/mol. The number of benzene rings is 1. The van der Waals surface area contributed by atoms with Crippen LogP contribution in [0.1, 0.15) is 30.9 Å². The van der Waals surface area contributed by atoms with Crippen LogP contribution >= 0.6 is 0 Å². The van der Waals surface area contributed by atoms with Crippen LogP contribution < -0.4 is 0 Å². The fourth-order valence-corrected chi connectivity index (χ4v) is 2.70. The molecule has 0 N–H and O–H groups in total. The summed E-state index contributed by atoms with van der Waals surface area (Å²) in [6.45, 7) is 2.07. The summed E-state index contributed by atoms with van der Waals surface area (Å²) in [4.78, 5) is 20.3.